The van der Waals surface area contributed by atoms with Gasteiger partial charge in [-0.2, -0.15) is 5.26 Å². The van der Waals surface area contributed by atoms with E-state index in [-0.39, 0.29) is 17.7 Å². The summed E-state index contributed by atoms with van der Waals surface area (Å²) in [6.45, 7) is 5.49. The van der Waals surface area contributed by atoms with E-state index in [1.807, 2.05) is 0 Å². The van der Waals surface area contributed by atoms with Crippen LogP contribution in [0.4, 0.5) is 0 Å². The van der Waals surface area contributed by atoms with Crippen LogP contribution < -0.4 is 11.1 Å². The van der Waals surface area contributed by atoms with Gasteiger partial charge in [0.05, 0.1) is 36.3 Å². The number of nitrogens with one attached hydrogen (secondary N) is 1. The zero-order valence-corrected chi connectivity index (χ0v) is 13.6. The molecule has 0 aromatic carbocycles. The molecule has 0 aromatic rings. The molecule has 124 valence electrons. The molecular formula is C17H23N3O3. The largest absolute Gasteiger partial charge is 0.401 e. The van der Waals surface area contributed by atoms with E-state index in [2.05, 4.69) is 25.2 Å². The zero-order chi connectivity index (χ0) is 16.4. The Morgan fingerprint density at radius 3 is 2.65 bits per heavy atom. The van der Waals surface area contributed by atoms with Crippen molar-refractivity contribution >= 4 is 5.91 Å². The number of amides is 1. The molecule has 5 rings (SSSR count). The van der Waals surface area contributed by atoms with Crippen LogP contribution in [0.15, 0.2) is 11.3 Å². The van der Waals surface area contributed by atoms with Crippen molar-refractivity contribution < 1.29 is 14.3 Å². The Labute approximate surface area is 136 Å². The summed E-state index contributed by atoms with van der Waals surface area (Å²) < 4.78 is 11.8. The summed E-state index contributed by atoms with van der Waals surface area (Å²) in [4.78, 5) is 12.6. The van der Waals surface area contributed by atoms with Crippen molar-refractivity contribution in [2.24, 2.45) is 29.4 Å². The second kappa shape index (κ2) is 4.71. The maximum atomic E-state index is 12.6. The van der Waals surface area contributed by atoms with Crippen molar-refractivity contribution in [3.8, 4) is 6.07 Å². The lowest BCUT2D eigenvalue weighted by atomic mass is 9.50. The van der Waals surface area contributed by atoms with Gasteiger partial charge in [-0.25, -0.2) is 0 Å². The van der Waals surface area contributed by atoms with Crippen molar-refractivity contribution in [3.63, 3.8) is 0 Å². The minimum Gasteiger partial charge on any atom is -0.401 e. The Kier molecular flexibility index (Phi) is 3.07. The van der Waals surface area contributed by atoms with E-state index in [0.29, 0.717) is 49.7 Å². The smallest absolute Gasteiger partial charge is 0.230 e. The van der Waals surface area contributed by atoms with Gasteiger partial charge in [-0.15, -0.1) is 0 Å². The first-order chi connectivity index (χ1) is 10.9. The fourth-order valence-electron chi connectivity index (χ4n) is 5.42. The fourth-order valence-corrected chi connectivity index (χ4v) is 5.42. The van der Waals surface area contributed by atoms with Crippen LogP contribution in [-0.4, -0.2) is 30.4 Å². The van der Waals surface area contributed by atoms with Gasteiger partial charge < -0.3 is 20.5 Å². The molecule has 0 radical (unpaired) electrons. The Bertz CT molecular complexity index is 629. The molecule has 0 aromatic heterocycles. The number of rotatable bonds is 1. The standard InChI is InChI=1S/C17H23N3O3/c1-9(2)12-10-7-16(22-5-6-23-16)3-4-17(10)11(8-18)14(19)13(12)15(21)20-17/h9-10,12-13H,3-7,19H2,1-2H3,(H,20,21)/t10-,12+,13-,17+/m1/s1. The van der Waals surface area contributed by atoms with Crippen LogP contribution in [0.5, 0.6) is 0 Å². The van der Waals surface area contributed by atoms with Gasteiger partial charge >= 0.3 is 0 Å². The van der Waals surface area contributed by atoms with Crippen molar-refractivity contribution in [1.29, 1.82) is 5.26 Å². The molecule has 2 bridgehead atoms. The summed E-state index contributed by atoms with van der Waals surface area (Å²) in [6, 6.07) is 2.29. The van der Waals surface area contributed by atoms with Crippen molar-refractivity contribution in [2.75, 3.05) is 13.2 Å². The van der Waals surface area contributed by atoms with Crippen LogP contribution in [0.3, 0.4) is 0 Å². The number of fused-ring (bicyclic) bond motifs is 1. The van der Waals surface area contributed by atoms with E-state index in [9.17, 15) is 10.1 Å². The van der Waals surface area contributed by atoms with Gasteiger partial charge in [-0.1, -0.05) is 13.8 Å². The summed E-state index contributed by atoms with van der Waals surface area (Å²) in [5.41, 5.74) is 6.68. The van der Waals surface area contributed by atoms with Crippen molar-refractivity contribution in [3.05, 3.63) is 11.3 Å². The van der Waals surface area contributed by atoms with Crippen molar-refractivity contribution in [1.82, 2.24) is 5.32 Å². The minimum atomic E-state index is -0.639. The molecule has 4 atom stereocenters. The van der Waals surface area contributed by atoms with Crippen LogP contribution in [-0.2, 0) is 14.3 Å². The molecule has 0 unspecified atom stereocenters. The quantitative estimate of drug-likeness (QED) is 0.753. The number of hydrogen-bond acceptors (Lipinski definition) is 5. The maximum Gasteiger partial charge on any atom is 0.230 e. The lowest BCUT2D eigenvalue weighted by molar-refractivity contribution is -0.213. The Balaban J connectivity index is 1.84. The number of hydrogen-bond donors (Lipinski definition) is 2. The fraction of sp³-hybridized carbons (Fsp3) is 0.765. The third kappa shape index (κ3) is 1.78. The minimum absolute atomic E-state index is 0.0272. The van der Waals surface area contributed by atoms with Crippen LogP contribution in [0, 0.1) is 35.0 Å². The summed E-state index contributed by atoms with van der Waals surface area (Å²) in [5.74, 6) is -0.440. The molecule has 1 amide bonds. The van der Waals surface area contributed by atoms with Gasteiger partial charge in [0.1, 0.15) is 0 Å². The number of nitrogens with two attached hydrogens (primary N) is 1. The van der Waals surface area contributed by atoms with E-state index in [1.165, 1.54) is 0 Å². The Hall–Kier alpha value is -1.58. The highest BCUT2D eigenvalue weighted by Crippen LogP contribution is 2.58. The van der Waals surface area contributed by atoms with Gasteiger partial charge in [0.15, 0.2) is 5.79 Å². The van der Waals surface area contributed by atoms with Gasteiger partial charge in [-0.3, -0.25) is 4.79 Å². The molecule has 3 heterocycles. The maximum absolute atomic E-state index is 12.6. The number of ether oxygens (including phenoxy) is 2. The Morgan fingerprint density at radius 1 is 1.35 bits per heavy atom. The number of nitrogens with zero attached hydrogens (tertiary/aromatic N) is 1. The predicted octanol–water partition coefficient (Wildman–Crippen LogP) is 1.04. The molecular weight excluding hydrogens is 294 g/mol. The normalized spacial score (nSPS) is 41.1. The molecule has 1 saturated carbocycles. The molecule has 23 heavy (non-hydrogen) atoms. The van der Waals surface area contributed by atoms with Crippen LogP contribution in [0.25, 0.3) is 0 Å². The monoisotopic (exact) mass is 317 g/mol. The summed E-state index contributed by atoms with van der Waals surface area (Å²) in [6.07, 6.45) is 2.03. The summed E-state index contributed by atoms with van der Waals surface area (Å²) in [5, 5.41) is 12.8. The summed E-state index contributed by atoms with van der Waals surface area (Å²) >= 11 is 0. The first-order valence-corrected chi connectivity index (χ1v) is 8.44. The van der Waals surface area contributed by atoms with Gasteiger partial charge in [0, 0.05) is 18.5 Å². The zero-order valence-electron chi connectivity index (χ0n) is 13.6. The third-order valence-electron chi connectivity index (χ3n) is 6.31. The van der Waals surface area contributed by atoms with E-state index in [0.717, 1.165) is 0 Å². The molecule has 2 saturated heterocycles. The molecule has 2 aliphatic carbocycles. The van der Waals surface area contributed by atoms with E-state index < -0.39 is 17.2 Å². The highest BCUT2D eigenvalue weighted by Gasteiger charge is 2.65. The molecule has 6 nitrogen and oxygen atoms in total. The molecule has 6 heteroatoms. The molecule has 3 N–H and O–H groups in total. The molecule has 3 fully saturated rings. The average Bonchev–Trinajstić information content (AvgIpc) is 2.95. The Morgan fingerprint density at radius 2 is 2.04 bits per heavy atom. The number of piperidine rings is 1. The van der Waals surface area contributed by atoms with E-state index in [1.54, 1.807) is 0 Å². The van der Waals surface area contributed by atoms with Crippen LogP contribution in [0.2, 0.25) is 0 Å². The highest BCUT2D eigenvalue weighted by atomic mass is 16.7. The first kappa shape index (κ1) is 15.0. The van der Waals surface area contributed by atoms with E-state index >= 15 is 0 Å². The summed E-state index contributed by atoms with van der Waals surface area (Å²) in [7, 11) is 0. The van der Waals surface area contributed by atoms with Gasteiger partial charge in [0.2, 0.25) is 5.91 Å². The van der Waals surface area contributed by atoms with Gasteiger partial charge in [0.25, 0.3) is 0 Å². The number of nitriles is 1. The first-order valence-electron chi connectivity index (χ1n) is 8.44. The van der Waals surface area contributed by atoms with Crippen LogP contribution in [0.1, 0.15) is 33.1 Å². The average molecular weight is 317 g/mol. The molecule has 5 aliphatic rings. The SMILES string of the molecule is CC(C)[C@@H]1[C@H]2C(=O)N[C@]3(CCC4(C[C@H]13)OCCO4)C(C#N)=C2N. The third-order valence-corrected chi connectivity index (χ3v) is 6.31. The number of carbonyl (C=O) groups is 1. The molecule has 2 spiro atoms. The lowest BCUT2D eigenvalue weighted by Gasteiger charge is -2.60. The molecule has 3 aliphatic heterocycles. The van der Waals surface area contributed by atoms with Gasteiger partial charge in [-0.05, 0) is 24.2 Å². The van der Waals surface area contributed by atoms with Crippen molar-refractivity contribution in [2.45, 2.75) is 44.4 Å². The van der Waals surface area contributed by atoms with E-state index in [4.69, 9.17) is 15.2 Å². The number of carbonyl (C=O) groups excluding carboxylic acids is 1. The second-order valence-electron chi connectivity index (χ2n) is 7.62. The highest BCUT2D eigenvalue weighted by molar-refractivity contribution is 5.87. The lowest BCUT2D eigenvalue weighted by Crippen LogP contribution is -2.72. The second-order valence-corrected chi connectivity index (χ2v) is 7.62. The van der Waals surface area contributed by atoms with Crippen LogP contribution >= 0.6 is 0 Å². The topological polar surface area (TPSA) is 97.4 Å². The predicted molar refractivity (Wildman–Crippen MR) is 81.5 cm³/mol.